The summed E-state index contributed by atoms with van der Waals surface area (Å²) < 4.78 is 26.3. The van der Waals surface area contributed by atoms with Crippen molar-refractivity contribution in [3.63, 3.8) is 0 Å². The first-order valence-corrected chi connectivity index (χ1v) is 9.32. The Morgan fingerprint density at radius 1 is 1.48 bits per heavy atom. The number of nitrogens with zero attached hydrogens (tertiary/aromatic N) is 1. The summed E-state index contributed by atoms with van der Waals surface area (Å²) >= 11 is 7.48. The molecule has 1 aromatic carbocycles. The van der Waals surface area contributed by atoms with Crippen LogP contribution in [0.5, 0.6) is 0 Å². The number of hydrogen-bond donors (Lipinski definition) is 1. The van der Waals surface area contributed by atoms with Crippen LogP contribution < -0.4 is 0 Å². The zero-order valence-electron chi connectivity index (χ0n) is 11.7. The van der Waals surface area contributed by atoms with E-state index in [0.717, 1.165) is 4.90 Å². The van der Waals surface area contributed by atoms with Crippen molar-refractivity contribution in [2.24, 2.45) is 5.41 Å². The lowest BCUT2D eigenvalue weighted by Gasteiger charge is -2.20. The second kappa shape index (κ2) is 5.79. The molecule has 0 bridgehead atoms. The molecular weight excluding hydrogens is 334 g/mol. The monoisotopic (exact) mass is 349 g/mol. The van der Waals surface area contributed by atoms with Gasteiger partial charge in [-0.15, -0.1) is 11.8 Å². The Morgan fingerprint density at radius 2 is 2.14 bits per heavy atom. The van der Waals surface area contributed by atoms with Crippen molar-refractivity contribution in [2.45, 2.75) is 23.1 Å². The Morgan fingerprint density at radius 3 is 2.62 bits per heavy atom. The van der Waals surface area contributed by atoms with Gasteiger partial charge in [-0.1, -0.05) is 11.6 Å². The first-order chi connectivity index (χ1) is 9.70. The van der Waals surface area contributed by atoms with E-state index < -0.39 is 21.4 Å². The van der Waals surface area contributed by atoms with Crippen molar-refractivity contribution in [3.05, 3.63) is 23.2 Å². The highest BCUT2D eigenvalue weighted by atomic mass is 35.5. The summed E-state index contributed by atoms with van der Waals surface area (Å²) in [4.78, 5) is 12.1. The molecule has 0 spiro atoms. The highest BCUT2D eigenvalue weighted by molar-refractivity contribution is 7.98. The molecule has 116 valence electrons. The van der Waals surface area contributed by atoms with Crippen LogP contribution in [0.25, 0.3) is 0 Å². The van der Waals surface area contributed by atoms with Gasteiger partial charge in [-0.3, -0.25) is 4.79 Å². The number of aliphatic carboxylic acids is 1. The molecule has 1 heterocycles. The van der Waals surface area contributed by atoms with E-state index >= 15 is 0 Å². The van der Waals surface area contributed by atoms with E-state index in [1.165, 1.54) is 28.2 Å². The molecule has 5 nitrogen and oxygen atoms in total. The van der Waals surface area contributed by atoms with Gasteiger partial charge in [0, 0.05) is 18.0 Å². The summed E-state index contributed by atoms with van der Waals surface area (Å²) in [6.45, 7) is 1.74. The maximum absolute atomic E-state index is 12.6. The van der Waals surface area contributed by atoms with Gasteiger partial charge in [-0.2, -0.15) is 4.31 Å². The largest absolute Gasteiger partial charge is 0.481 e. The van der Waals surface area contributed by atoms with Gasteiger partial charge in [0.15, 0.2) is 0 Å². The minimum atomic E-state index is -3.71. The molecule has 0 aromatic heterocycles. The van der Waals surface area contributed by atoms with E-state index in [9.17, 15) is 18.3 Å². The summed E-state index contributed by atoms with van der Waals surface area (Å²) in [5, 5.41) is 9.57. The van der Waals surface area contributed by atoms with E-state index in [1.807, 2.05) is 6.26 Å². The van der Waals surface area contributed by atoms with Crippen LogP contribution >= 0.6 is 23.4 Å². The van der Waals surface area contributed by atoms with Gasteiger partial charge < -0.3 is 5.11 Å². The Balaban J connectivity index is 2.32. The van der Waals surface area contributed by atoms with Gasteiger partial charge in [-0.25, -0.2) is 8.42 Å². The number of thioether (sulfide) groups is 1. The second-order valence-corrected chi connectivity index (χ2v) is 8.44. The summed E-state index contributed by atoms with van der Waals surface area (Å²) in [6, 6.07) is 4.58. The molecule has 1 aliphatic rings. The molecule has 8 heteroatoms. The van der Waals surface area contributed by atoms with Crippen LogP contribution in [-0.2, 0) is 14.8 Å². The number of rotatable bonds is 4. The third-order valence-corrected chi connectivity index (χ3v) is 6.78. The van der Waals surface area contributed by atoms with Crippen LogP contribution in [0.3, 0.4) is 0 Å². The molecule has 0 aliphatic carbocycles. The molecule has 0 saturated carbocycles. The third kappa shape index (κ3) is 3.06. The molecule has 1 saturated heterocycles. The molecule has 2 rings (SSSR count). The normalized spacial score (nSPS) is 23.4. The van der Waals surface area contributed by atoms with E-state index in [0.29, 0.717) is 11.4 Å². The molecule has 1 atom stereocenters. The topological polar surface area (TPSA) is 74.7 Å². The fourth-order valence-corrected chi connectivity index (χ4v) is 4.78. The molecule has 0 amide bonds. The summed E-state index contributed by atoms with van der Waals surface area (Å²) in [5.74, 6) is -0.976. The molecule has 0 radical (unpaired) electrons. The van der Waals surface area contributed by atoms with Crippen LogP contribution in [0.4, 0.5) is 0 Å². The second-order valence-electron chi connectivity index (χ2n) is 5.25. The predicted molar refractivity (Wildman–Crippen MR) is 82.4 cm³/mol. The van der Waals surface area contributed by atoms with Crippen molar-refractivity contribution in [2.75, 3.05) is 19.3 Å². The van der Waals surface area contributed by atoms with Gasteiger partial charge in [0.1, 0.15) is 0 Å². The van der Waals surface area contributed by atoms with E-state index in [1.54, 1.807) is 13.0 Å². The number of hydrogen-bond acceptors (Lipinski definition) is 4. The quantitative estimate of drug-likeness (QED) is 0.845. The number of carboxylic acids is 1. The van der Waals surface area contributed by atoms with Crippen molar-refractivity contribution in [1.82, 2.24) is 4.31 Å². The van der Waals surface area contributed by atoms with Gasteiger partial charge in [0.2, 0.25) is 10.0 Å². The zero-order chi connectivity index (χ0) is 15.8. The summed E-state index contributed by atoms with van der Waals surface area (Å²) in [6.07, 6.45) is 2.16. The SMILES string of the molecule is CSc1ccc(S(=O)(=O)N2CCC(C)(C(=O)O)C2)cc1Cl. The summed E-state index contributed by atoms with van der Waals surface area (Å²) in [7, 11) is -3.71. The van der Waals surface area contributed by atoms with Crippen LogP contribution in [0.15, 0.2) is 28.0 Å². The van der Waals surface area contributed by atoms with Crippen LogP contribution in [0.2, 0.25) is 5.02 Å². The maximum atomic E-state index is 12.6. The molecule has 1 aromatic rings. The first kappa shape index (κ1) is 16.6. The van der Waals surface area contributed by atoms with Gasteiger partial charge in [-0.05, 0) is 37.8 Å². The lowest BCUT2D eigenvalue weighted by Crippen LogP contribution is -2.34. The first-order valence-electron chi connectivity index (χ1n) is 6.28. The Kier molecular flexibility index (Phi) is 4.58. The van der Waals surface area contributed by atoms with Crippen LogP contribution in [0.1, 0.15) is 13.3 Å². The lowest BCUT2D eigenvalue weighted by molar-refractivity contribution is -0.146. The molecule has 1 fully saturated rings. The van der Waals surface area contributed by atoms with Crippen molar-refractivity contribution in [1.29, 1.82) is 0 Å². The van der Waals surface area contributed by atoms with Crippen molar-refractivity contribution < 1.29 is 18.3 Å². The van der Waals surface area contributed by atoms with E-state index in [4.69, 9.17) is 11.6 Å². The Hall–Kier alpha value is -0.760. The fourth-order valence-electron chi connectivity index (χ4n) is 2.26. The van der Waals surface area contributed by atoms with Crippen LogP contribution in [0, 0.1) is 5.41 Å². The number of carboxylic acid groups (broad SMARTS) is 1. The number of carbonyl (C=O) groups is 1. The number of benzene rings is 1. The van der Waals surface area contributed by atoms with E-state index in [-0.39, 0.29) is 18.0 Å². The Bertz CT molecular complexity index is 677. The highest BCUT2D eigenvalue weighted by Gasteiger charge is 2.44. The average Bonchev–Trinajstić information content (AvgIpc) is 2.83. The van der Waals surface area contributed by atoms with Gasteiger partial charge in [0.25, 0.3) is 0 Å². The molecular formula is C13H16ClNO4S2. The highest BCUT2D eigenvalue weighted by Crippen LogP contribution is 2.35. The lowest BCUT2D eigenvalue weighted by atomic mass is 9.90. The van der Waals surface area contributed by atoms with E-state index in [2.05, 4.69) is 0 Å². The minimum Gasteiger partial charge on any atom is -0.481 e. The predicted octanol–water partition coefficient (Wildman–Crippen LogP) is 2.55. The maximum Gasteiger partial charge on any atom is 0.310 e. The van der Waals surface area contributed by atoms with Gasteiger partial charge in [0.05, 0.1) is 15.3 Å². The fraction of sp³-hybridized carbons (Fsp3) is 0.462. The van der Waals surface area contributed by atoms with Crippen molar-refractivity contribution >= 4 is 39.4 Å². The average molecular weight is 350 g/mol. The minimum absolute atomic E-state index is 0.0213. The standard InChI is InChI=1S/C13H16ClNO4S2/c1-13(12(16)17)5-6-15(8-13)21(18,19)9-3-4-11(20-2)10(14)7-9/h3-4,7H,5-6,8H2,1-2H3,(H,16,17). The smallest absolute Gasteiger partial charge is 0.310 e. The van der Waals surface area contributed by atoms with Gasteiger partial charge >= 0.3 is 5.97 Å². The number of halogens is 1. The molecule has 1 N–H and O–H groups in total. The molecule has 21 heavy (non-hydrogen) atoms. The molecule has 1 aliphatic heterocycles. The third-order valence-electron chi connectivity index (χ3n) is 3.72. The van der Waals surface area contributed by atoms with Crippen molar-refractivity contribution in [3.8, 4) is 0 Å². The zero-order valence-corrected chi connectivity index (χ0v) is 14.1. The molecule has 1 unspecified atom stereocenters. The van der Waals surface area contributed by atoms with Crippen LogP contribution in [-0.4, -0.2) is 43.1 Å². The Labute approximate surface area is 133 Å². The summed E-state index contributed by atoms with van der Waals surface area (Å²) in [5.41, 5.74) is -1.03. The number of sulfonamides is 1.